The van der Waals surface area contributed by atoms with Crippen molar-refractivity contribution in [2.24, 2.45) is 5.92 Å². The summed E-state index contributed by atoms with van der Waals surface area (Å²) < 4.78 is 34.8. The number of amides is 1. The molecule has 0 radical (unpaired) electrons. The largest absolute Gasteiger partial charge is 0.379 e. The van der Waals surface area contributed by atoms with Crippen LogP contribution in [0.25, 0.3) is 0 Å². The molecule has 1 aliphatic heterocycles. The second kappa shape index (κ2) is 11.7. The van der Waals surface area contributed by atoms with Crippen molar-refractivity contribution in [3.63, 3.8) is 0 Å². The van der Waals surface area contributed by atoms with Crippen LogP contribution in [-0.4, -0.2) is 73.1 Å². The van der Waals surface area contributed by atoms with Crippen molar-refractivity contribution in [2.75, 3.05) is 39.4 Å². The lowest BCUT2D eigenvalue weighted by atomic mass is 9.95. The molecule has 3 aliphatic rings. The van der Waals surface area contributed by atoms with E-state index < -0.39 is 9.84 Å². The molecular formula is C28H40N4O4S. The fourth-order valence-corrected chi connectivity index (χ4v) is 7.20. The first-order valence-electron chi connectivity index (χ1n) is 13.8. The van der Waals surface area contributed by atoms with Crippen LogP contribution in [0, 0.1) is 12.8 Å². The van der Waals surface area contributed by atoms with Crippen LogP contribution in [0.3, 0.4) is 0 Å². The van der Waals surface area contributed by atoms with E-state index >= 15 is 0 Å². The standard InChI is InChI=1S/C28H40N4O4S/c1-22-6-5-7-23(18-22)21-37(34,35)28-29-19-26(32(28)25-8-3-2-4-9-25)20-31(27(33)24-10-11-24)13-12-30-14-16-36-17-15-30/h5-7,18-19,24-25H,2-4,8-17,20-21H2,1H3. The summed E-state index contributed by atoms with van der Waals surface area (Å²) in [4.78, 5) is 22.1. The van der Waals surface area contributed by atoms with Crippen molar-refractivity contribution in [1.82, 2.24) is 19.4 Å². The third kappa shape index (κ3) is 6.62. The van der Waals surface area contributed by atoms with Crippen molar-refractivity contribution in [2.45, 2.75) is 75.4 Å². The molecule has 2 aromatic rings. The fourth-order valence-electron chi connectivity index (χ4n) is 5.68. The Kier molecular flexibility index (Phi) is 8.31. The molecular weight excluding hydrogens is 488 g/mol. The summed E-state index contributed by atoms with van der Waals surface area (Å²) in [5.41, 5.74) is 2.65. The van der Waals surface area contributed by atoms with Crippen molar-refractivity contribution >= 4 is 15.7 Å². The molecule has 0 spiro atoms. The van der Waals surface area contributed by atoms with E-state index in [9.17, 15) is 13.2 Å². The van der Waals surface area contributed by atoms with E-state index in [0.29, 0.717) is 13.1 Å². The molecule has 0 bridgehead atoms. The number of hydrogen-bond donors (Lipinski definition) is 0. The Labute approximate surface area is 220 Å². The third-order valence-corrected chi connectivity index (χ3v) is 9.45. The highest BCUT2D eigenvalue weighted by atomic mass is 32.2. The molecule has 8 nitrogen and oxygen atoms in total. The van der Waals surface area contributed by atoms with Gasteiger partial charge in [-0.3, -0.25) is 9.69 Å². The number of benzene rings is 1. The van der Waals surface area contributed by atoms with E-state index in [2.05, 4.69) is 9.88 Å². The molecule has 3 fully saturated rings. The van der Waals surface area contributed by atoms with Gasteiger partial charge in [0.1, 0.15) is 0 Å². The van der Waals surface area contributed by atoms with E-state index in [-0.39, 0.29) is 28.8 Å². The zero-order valence-electron chi connectivity index (χ0n) is 22.0. The Bertz CT molecular complexity index is 1180. The zero-order chi connectivity index (χ0) is 25.8. The topological polar surface area (TPSA) is 84.7 Å². The molecule has 2 heterocycles. The summed E-state index contributed by atoms with van der Waals surface area (Å²) >= 11 is 0. The molecule has 1 aromatic carbocycles. The Morgan fingerprint density at radius 2 is 1.86 bits per heavy atom. The van der Waals surface area contributed by atoms with Gasteiger partial charge in [-0.2, -0.15) is 0 Å². The van der Waals surface area contributed by atoms with Crippen LogP contribution < -0.4 is 0 Å². The molecule has 1 amide bonds. The Balaban J connectivity index is 1.41. The number of carbonyl (C=O) groups is 1. The zero-order valence-corrected chi connectivity index (χ0v) is 22.8. The van der Waals surface area contributed by atoms with Gasteiger partial charge in [-0.15, -0.1) is 0 Å². The van der Waals surface area contributed by atoms with E-state index in [4.69, 9.17) is 4.74 Å². The molecule has 2 saturated carbocycles. The molecule has 2 aliphatic carbocycles. The van der Waals surface area contributed by atoms with Gasteiger partial charge in [0, 0.05) is 38.1 Å². The normalized spacial score (nSPS) is 19.7. The monoisotopic (exact) mass is 528 g/mol. The summed E-state index contributed by atoms with van der Waals surface area (Å²) in [5.74, 6) is 0.230. The number of nitrogens with zero attached hydrogens (tertiary/aromatic N) is 4. The van der Waals surface area contributed by atoms with Gasteiger partial charge in [-0.25, -0.2) is 13.4 Å². The predicted octanol–water partition coefficient (Wildman–Crippen LogP) is 3.74. The number of aromatic nitrogens is 2. The molecule has 0 unspecified atom stereocenters. The van der Waals surface area contributed by atoms with Crippen LogP contribution in [0.1, 0.15) is 67.8 Å². The molecule has 5 rings (SSSR count). The number of imidazole rings is 1. The quantitative estimate of drug-likeness (QED) is 0.467. The highest BCUT2D eigenvalue weighted by Gasteiger charge is 2.35. The number of hydrogen-bond acceptors (Lipinski definition) is 6. The summed E-state index contributed by atoms with van der Waals surface area (Å²) in [6.45, 7) is 7.04. The van der Waals surface area contributed by atoms with Crippen LogP contribution in [0.15, 0.2) is 35.6 Å². The number of aryl methyl sites for hydroxylation is 1. The molecule has 202 valence electrons. The van der Waals surface area contributed by atoms with Crippen molar-refractivity contribution in [3.8, 4) is 0 Å². The van der Waals surface area contributed by atoms with Gasteiger partial charge in [-0.1, -0.05) is 49.1 Å². The number of rotatable bonds is 10. The first kappa shape index (κ1) is 26.4. The van der Waals surface area contributed by atoms with Crippen LogP contribution in [0.4, 0.5) is 0 Å². The van der Waals surface area contributed by atoms with Crippen LogP contribution in [-0.2, 0) is 31.7 Å². The molecule has 0 atom stereocenters. The smallest absolute Gasteiger partial charge is 0.228 e. The van der Waals surface area contributed by atoms with Crippen LogP contribution in [0.2, 0.25) is 0 Å². The Hall–Kier alpha value is -2.23. The molecule has 1 saturated heterocycles. The summed E-state index contributed by atoms with van der Waals surface area (Å²) in [5, 5.41) is 0.155. The van der Waals surface area contributed by atoms with Gasteiger partial charge in [-0.05, 0) is 38.2 Å². The second-order valence-corrected chi connectivity index (χ2v) is 12.8. The minimum atomic E-state index is -3.65. The summed E-state index contributed by atoms with van der Waals surface area (Å²) in [6, 6.07) is 7.76. The number of carbonyl (C=O) groups excluding carboxylic acids is 1. The lowest BCUT2D eigenvalue weighted by Crippen LogP contribution is -2.43. The van der Waals surface area contributed by atoms with Gasteiger partial charge in [0.15, 0.2) is 0 Å². The van der Waals surface area contributed by atoms with Gasteiger partial charge < -0.3 is 14.2 Å². The second-order valence-electron chi connectivity index (χ2n) is 10.9. The average molecular weight is 529 g/mol. The predicted molar refractivity (Wildman–Crippen MR) is 142 cm³/mol. The minimum absolute atomic E-state index is 0.0698. The van der Waals surface area contributed by atoms with Gasteiger partial charge >= 0.3 is 0 Å². The molecule has 9 heteroatoms. The van der Waals surface area contributed by atoms with Gasteiger partial charge in [0.25, 0.3) is 0 Å². The number of ether oxygens (including phenoxy) is 1. The first-order chi connectivity index (χ1) is 17.9. The van der Waals surface area contributed by atoms with Crippen molar-refractivity contribution in [1.29, 1.82) is 0 Å². The Morgan fingerprint density at radius 3 is 2.57 bits per heavy atom. The molecule has 1 aromatic heterocycles. The van der Waals surface area contributed by atoms with Crippen molar-refractivity contribution < 1.29 is 17.9 Å². The van der Waals surface area contributed by atoms with E-state index in [1.165, 1.54) is 6.42 Å². The maximum atomic E-state index is 13.7. The average Bonchev–Trinajstić information content (AvgIpc) is 3.66. The first-order valence-corrected chi connectivity index (χ1v) is 15.5. The van der Waals surface area contributed by atoms with E-state index in [0.717, 1.165) is 88.2 Å². The number of sulfone groups is 1. The lowest BCUT2D eigenvalue weighted by molar-refractivity contribution is -0.133. The van der Waals surface area contributed by atoms with Gasteiger partial charge in [0.2, 0.25) is 20.9 Å². The van der Waals surface area contributed by atoms with E-state index in [1.807, 2.05) is 40.7 Å². The SMILES string of the molecule is Cc1cccc(CS(=O)(=O)c2ncc(CN(CCN3CCOCC3)C(=O)C3CC3)n2C2CCCCC2)c1. The summed E-state index contributed by atoms with van der Waals surface area (Å²) in [7, 11) is -3.65. The lowest BCUT2D eigenvalue weighted by Gasteiger charge is -2.31. The highest BCUT2D eigenvalue weighted by molar-refractivity contribution is 7.90. The van der Waals surface area contributed by atoms with Crippen molar-refractivity contribution in [3.05, 3.63) is 47.3 Å². The maximum Gasteiger partial charge on any atom is 0.228 e. The maximum absolute atomic E-state index is 13.7. The van der Waals surface area contributed by atoms with E-state index in [1.54, 1.807) is 6.20 Å². The van der Waals surface area contributed by atoms with Crippen LogP contribution in [0.5, 0.6) is 0 Å². The molecule has 37 heavy (non-hydrogen) atoms. The highest BCUT2D eigenvalue weighted by Crippen LogP contribution is 2.35. The Morgan fingerprint density at radius 1 is 1.11 bits per heavy atom. The fraction of sp³-hybridized carbons (Fsp3) is 0.643. The number of morpholine rings is 1. The van der Waals surface area contributed by atoms with Crippen LogP contribution >= 0.6 is 0 Å². The van der Waals surface area contributed by atoms with Gasteiger partial charge in [0.05, 0.1) is 37.4 Å². The molecule has 0 N–H and O–H groups in total. The minimum Gasteiger partial charge on any atom is -0.379 e. The summed E-state index contributed by atoms with van der Waals surface area (Å²) in [6.07, 6.45) is 8.84. The third-order valence-electron chi connectivity index (χ3n) is 7.88.